The molecule has 56 valence electrons. The minimum absolute atomic E-state index is 0. The number of aromatic nitrogens is 4. The highest BCUT2D eigenvalue weighted by Gasteiger charge is 1.90. The molecule has 0 amide bonds. The van der Waals surface area contributed by atoms with Crippen molar-refractivity contribution in [3.63, 3.8) is 0 Å². The summed E-state index contributed by atoms with van der Waals surface area (Å²) in [5.41, 5.74) is 1.36. The summed E-state index contributed by atoms with van der Waals surface area (Å²) in [5, 5.41) is 0. The molecule has 0 aliphatic rings. The van der Waals surface area contributed by atoms with Crippen molar-refractivity contribution in [2.75, 3.05) is 0 Å². The van der Waals surface area contributed by atoms with Crippen molar-refractivity contribution in [2.24, 2.45) is 0 Å². The van der Waals surface area contributed by atoms with Crippen LogP contribution in [-0.2, 0) is 0 Å². The van der Waals surface area contributed by atoms with E-state index in [4.69, 9.17) is 0 Å². The first-order chi connectivity index (χ1) is 4.97. The molecule has 3 N–H and O–H groups in total. The molecular weight excluding hydrogens is 142 g/mol. The minimum Gasteiger partial charge on any atom is -0.344 e. The molecule has 0 aromatic carbocycles. The van der Waals surface area contributed by atoms with Crippen molar-refractivity contribution in [1.82, 2.24) is 26.1 Å². The van der Waals surface area contributed by atoms with Crippen LogP contribution in [0.4, 0.5) is 0 Å². The lowest BCUT2D eigenvalue weighted by molar-refractivity contribution is 1.15. The Labute approximate surface area is 63.1 Å². The van der Waals surface area contributed by atoms with Crippen molar-refractivity contribution in [3.05, 3.63) is 24.9 Å². The maximum absolute atomic E-state index is 3.99. The second-order valence-corrected chi connectivity index (χ2v) is 1.79. The minimum atomic E-state index is 0. The highest BCUT2D eigenvalue weighted by Crippen LogP contribution is 1.98. The largest absolute Gasteiger partial charge is 0.344 e. The molecule has 0 saturated heterocycles. The van der Waals surface area contributed by atoms with Gasteiger partial charge in [-0.05, 0) is 0 Å². The van der Waals surface area contributed by atoms with E-state index in [1.807, 2.05) is 0 Å². The van der Waals surface area contributed by atoms with Gasteiger partial charge in [-0.25, -0.2) is 19.9 Å². The maximum atomic E-state index is 3.99. The Hall–Kier alpha value is -1.62. The molecule has 2 aromatic heterocycles. The number of hydrogen-bond donors (Lipinski definition) is 1. The third-order valence-corrected chi connectivity index (χ3v) is 1.15. The average Bonchev–Trinajstić information content (AvgIpc) is 2.05. The fourth-order valence-electron chi connectivity index (χ4n) is 0.724. The van der Waals surface area contributed by atoms with Crippen LogP contribution >= 0.6 is 0 Å². The van der Waals surface area contributed by atoms with Gasteiger partial charge >= 0.3 is 0 Å². The second kappa shape index (κ2) is 2.98. The van der Waals surface area contributed by atoms with E-state index in [1.165, 1.54) is 6.33 Å². The maximum Gasteiger partial charge on any atom is 0.181 e. The van der Waals surface area contributed by atoms with Crippen LogP contribution < -0.4 is 6.15 Å². The Kier molecular flexibility index (Phi) is 2.03. The smallest absolute Gasteiger partial charge is 0.181 e. The number of nitrogens with zero attached hydrogens (tertiary/aromatic N) is 4. The van der Waals surface area contributed by atoms with E-state index in [-0.39, 0.29) is 6.15 Å². The Morgan fingerprint density at radius 2 is 1.82 bits per heavy atom. The summed E-state index contributed by atoms with van der Waals surface area (Å²) < 4.78 is 0. The monoisotopic (exact) mass is 149 g/mol. The van der Waals surface area contributed by atoms with Gasteiger partial charge in [0.2, 0.25) is 0 Å². The lowest BCUT2D eigenvalue weighted by atomic mass is 10.5. The molecule has 0 aliphatic carbocycles. The van der Waals surface area contributed by atoms with Crippen molar-refractivity contribution in [2.45, 2.75) is 0 Å². The molecule has 0 unspecified atom stereocenters. The standard InChI is InChI=1S/C6H4N4.H3N/c1-2-9-6-5(8-1)3-7-4-10-6;/h1-4H;1H3. The molecule has 2 heterocycles. The summed E-state index contributed by atoms with van der Waals surface area (Å²) in [6.07, 6.45) is 6.31. The highest BCUT2D eigenvalue weighted by atomic mass is 14.9. The highest BCUT2D eigenvalue weighted by molar-refractivity contribution is 5.66. The first-order valence-electron chi connectivity index (χ1n) is 2.83. The third-order valence-electron chi connectivity index (χ3n) is 1.15. The first-order valence-corrected chi connectivity index (χ1v) is 2.83. The van der Waals surface area contributed by atoms with Gasteiger partial charge in [0.15, 0.2) is 5.65 Å². The van der Waals surface area contributed by atoms with Gasteiger partial charge in [0.25, 0.3) is 0 Å². The van der Waals surface area contributed by atoms with Gasteiger partial charge in [-0.1, -0.05) is 0 Å². The normalized spacial score (nSPS) is 9.09. The molecule has 0 fully saturated rings. The van der Waals surface area contributed by atoms with Crippen molar-refractivity contribution in [1.29, 1.82) is 0 Å². The van der Waals surface area contributed by atoms with Crippen LogP contribution in [0, 0.1) is 0 Å². The quantitative estimate of drug-likeness (QED) is 0.592. The van der Waals surface area contributed by atoms with Crippen molar-refractivity contribution >= 4 is 11.2 Å². The second-order valence-electron chi connectivity index (χ2n) is 1.79. The van der Waals surface area contributed by atoms with Gasteiger partial charge in [0, 0.05) is 12.4 Å². The molecule has 0 radical (unpaired) electrons. The zero-order valence-corrected chi connectivity index (χ0v) is 5.81. The van der Waals surface area contributed by atoms with Gasteiger partial charge in [-0.2, -0.15) is 0 Å². The van der Waals surface area contributed by atoms with Crippen LogP contribution in [0.25, 0.3) is 11.2 Å². The van der Waals surface area contributed by atoms with E-state index >= 15 is 0 Å². The third kappa shape index (κ3) is 1.27. The lowest BCUT2D eigenvalue weighted by Gasteiger charge is -1.89. The fraction of sp³-hybridized carbons (Fsp3) is 0. The summed E-state index contributed by atoms with van der Waals surface area (Å²) in [6.45, 7) is 0. The van der Waals surface area contributed by atoms with Gasteiger partial charge in [0.1, 0.15) is 11.8 Å². The lowest BCUT2D eigenvalue weighted by Crippen LogP contribution is -1.85. The van der Waals surface area contributed by atoms with E-state index in [1.54, 1.807) is 18.6 Å². The SMILES string of the molecule is N.c1cnc2ncncc2n1. The Bertz CT molecular complexity index is 282. The van der Waals surface area contributed by atoms with Crippen LogP contribution in [0.5, 0.6) is 0 Å². The number of hydrogen-bond acceptors (Lipinski definition) is 5. The van der Waals surface area contributed by atoms with Crippen molar-refractivity contribution < 1.29 is 0 Å². The summed E-state index contributed by atoms with van der Waals surface area (Å²) in [5.74, 6) is 0. The molecular formula is C6H7N5. The van der Waals surface area contributed by atoms with E-state index in [9.17, 15) is 0 Å². The molecule has 5 nitrogen and oxygen atoms in total. The molecule has 5 heteroatoms. The topological polar surface area (TPSA) is 86.6 Å². The Morgan fingerprint density at radius 3 is 2.64 bits per heavy atom. The van der Waals surface area contributed by atoms with Crippen LogP contribution in [0.1, 0.15) is 0 Å². The summed E-state index contributed by atoms with van der Waals surface area (Å²) in [4.78, 5) is 15.7. The van der Waals surface area contributed by atoms with Gasteiger partial charge in [-0.15, -0.1) is 0 Å². The predicted octanol–water partition coefficient (Wildman–Crippen LogP) is 0.582. The molecule has 11 heavy (non-hydrogen) atoms. The van der Waals surface area contributed by atoms with Gasteiger partial charge in [0.05, 0.1) is 6.20 Å². The van der Waals surface area contributed by atoms with Gasteiger partial charge < -0.3 is 6.15 Å². The molecule has 0 aliphatic heterocycles. The average molecular weight is 149 g/mol. The van der Waals surface area contributed by atoms with Crippen LogP contribution in [-0.4, -0.2) is 19.9 Å². The molecule has 0 bridgehead atoms. The number of fused-ring (bicyclic) bond motifs is 1. The first kappa shape index (κ1) is 7.49. The predicted molar refractivity (Wildman–Crippen MR) is 40.2 cm³/mol. The Morgan fingerprint density at radius 1 is 1.00 bits per heavy atom. The molecule has 0 spiro atoms. The van der Waals surface area contributed by atoms with E-state index < -0.39 is 0 Å². The van der Waals surface area contributed by atoms with Crippen LogP contribution in [0.15, 0.2) is 24.9 Å². The summed E-state index contributed by atoms with van der Waals surface area (Å²) in [7, 11) is 0. The summed E-state index contributed by atoms with van der Waals surface area (Å²) >= 11 is 0. The zero-order valence-electron chi connectivity index (χ0n) is 5.81. The van der Waals surface area contributed by atoms with Gasteiger partial charge in [-0.3, -0.25) is 0 Å². The van der Waals surface area contributed by atoms with Crippen LogP contribution in [0.2, 0.25) is 0 Å². The van der Waals surface area contributed by atoms with Crippen molar-refractivity contribution in [3.8, 4) is 0 Å². The molecule has 0 atom stereocenters. The number of rotatable bonds is 0. The van der Waals surface area contributed by atoms with E-state index in [0.717, 1.165) is 5.52 Å². The fourth-order valence-corrected chi connectivity index (χ4v) is 0.724. The Balaban J connectivity index is 0.000000605. The molecule has 2 aromatic rings. The molecule has 2 rings (SSSR count). The van der Waals surface area contributed by atoms with E-state index in [2.05, 4.69) is 19.9 Å². The zero-order chi connectivity index (χ0) is 6.81. The van der Waals surface area contributed by atoms with Crippen LogP contribution in [0.3, 0.4) is 0 Å². The van der Waals surface area contributed by atoms with E-state index in [0.29, 0.717) is 5.65 Å². The summed E-state index contributed by atoms with van der Waals surface area (Å²) in [6, 6.07) is 0. The molecule has 0 saturated carbocycles.